The van der Waals surface area contributed by atoms with E-state index in [0.29, 0.717) is 17.0 Å². The van der Waals surface area contributed by atoms with Crippen LogP contribution in [0.15, 0.2) is 11.4 Å². The molecule has 1 saturated heterocycles. The molecule has 122 valence electrons. The van der Waals surface area contributed by atoms with Crippen LogP contribution in [0.3, 0.4) is 0 Å². The number of amides is 1. The van der Waals surface area contributed by atoms with Gasteiger partial charge in [0.25, 0.3) is 5.91 Å². The van der Waals surface area contributed by atoms with Crippen molar-refractivity contribution in [1.29, 1.82) is 0 Å². The van der Waals surface area contributed by atoms with Crippen LogP contribution >= 0.6 is 11.3 Å². The third-order valence-corrected chi connectivity index (χ3v) is 5.12. The lowest BCUT2D eigenvalue weighted by Gasteiger charge is -2.34. The largest absolute Gasteiger partial charge is 0.352 e. The molecule has 0 spiro atoms. The van der Waals surface area contributed by atoms with E-state index in [9.17, 15) is 9.59 Å². The fraction of sp³-hybridized carbons (Fsp3) is 0.647. The van der Waals surface area contributed by atoms with Gasteiger partial charge in [-0.25, -0.2) is 0 Å². The highest BCUT2D eigenvalue weighted by molar-refractivity contribution is 7.12. The van der Waals surface area contributed by atoms with Crippen molar-refractivity contribution in [3.05, 3.63) is 21.9 Å². The van der Waals surface area contributed by atoms with Gasteiger partial charge >= 0.3 is 0 Å². The third-order valence-electron chi connectivity index (χ3n) is 4.09. The first-order valence-corrected chi connectivity index (χ1v) is 8.93. The van der Waals surface area contributed by atoms with E-state index in [1.54, 1.807) is 11.4 Å². The third kappa shape index (κ3) is 4.92. The fourth-order valence-electron chi connectivity index (χ4n) is 3.22. The molecule has 1 N–H and O–H groups in total. The van der Waals surface area contributed by atoms with Crippen molar-refractivity contribution in [2.75, 3.05) is 26.2 Å². The van der Waals surface area contributed by atoms with E-state index in [0.717, 1.165) is 24.8 Å². The smallest absolute Gasteiger partial charge is 0.252 e. The van der Waals surface area contributed by atoms with E-state index in [1.165, 1.54) is 37.8 Å². The fourth-order valence-corrected chi connectivity index (χ4v) is 4.01. The predicted octanol–water partition coefficient (Wildman–Crippen LogP) is 3.05. The summed E-state index contributed by atoms with van der Waals surface area (Å²) in [5.74, 6) is 1.48. The Kier molecular flexibility index (Phi) is 6.15. The van der Waals surface area contributed by atoms with Crippen molar-refractivity contribution in [3.63, 3.8) is 0 Å². The van der Waals surface area contributed by atoms with Crippen LogP contribution < -0.4 is 5.32 Å². The summed E-state index contributed by atoms with van der Waals surface area (Å²) in [6, 6.07) is 1.68. The summed E-state index contributed by atoms with van der Waals surface area (Å²) in [6.07, 6.45) is 2.29. The Morgan fingerprint density at radius 3 is 2.59 bits per heavy atom. The average Bonchev–Trinajstić information content (AvgIpc) is 2.92. The number of thiophene rings is 1. The molecular weight excluding hydrogens is 296 g/mol. The number of hydrogen-bond acceptors (Lipinski definition) is 4. The monoisotopic (exact) mass is 322 g/mol. The van der Waals surface area contributed by atoms with Crippen LogP contribution in [0, 0.1) is 11.8 Å². The second-order valence-corrected chi connectivity index (χ2v) is 7.48. The topological polar surface area (TPSA) is 49.4 Å². The summed E-state index contributed by atoms with van der Waals surface area (Å²) in [5, 5.41) is 4.69. The molecule has 2 rings (SSSR count). The van der Waals surface area contributed by atoms with Gasteiger partial charge in [0, 0.05) is 25.0 Å². The minimum atomic E-state index is -0.0795. The first-order valence-electron chi connectivity index (χ1n) is 8.05. The molecule has 1 aromatic heterocycles. The molecule has 0 saturated carbocycles. The number of Topliss-reactive ketones (excluding diaryl/α,β-unsaturated/α-hetero) is 1. The molecule has 1 fully saturated rings. The van der Waals surface area contributed by atoms with Crippen molar-refractivity contribution < 1.29 is 9.59 Å². The van der Waals surface area contributed by atoms with E-state index in [-0.39, 0.29) is 11.7 Å². The molecular formula is C17H26N2O2S. The molecule has 2 heterocycles. The number of carbonyl (C=O) groups excluding carboxylic acids is 2. The molecule has 22 heavy (non-hydrogen) atoms. The SMILES string of the molecule is CC(=O)c1cc(C(=O)NCCCN2CC(C)CC(C)C2)cs1. The Balaban J connectivity index is 1.69. The van der Waals surface area contributed by atoms with Crippen molar-refractivity contribution >= 4 is 23.0 Å². The number of hydrogen-bond donors (Lipinski definition) is 1. The zero-order valence-corrected chi connectivity index (χ0v) is 14.5. The normalized spacial score (nSPS) is 22.5. The molecule has 1 aliphatic heterocycles. The maximum absolute atomic E-state index is 12.0. The molecule has 0 aromatic carbocycles. The standard InChI is InChI=1S/C17H26N2O2S/c1-12-7-13(2)10-19(9-12)6-4-5-18-17(21)15-8-16(14(3)20)22-11-15/h8,11-13H,4-7,9-10H2,1-3H3,(H,18,21). The van der Waals surface area contributed by atoms with Crippen LogP contribution in [0.1, 0.15) is 53.6 Å². The van der Waals surface area contributed by atoms with Gasteiger partial charge in [-0.1, -0.05) is 13.8 Å². The minimum absolute atomic E-state index is 0.0115. The Labute approximate surface area is 136 Å². The summed E-state index contributed by atoms with van der Waals surface area (Å²) in [6.45, 7) is 10.2. The highest BCUT2D eigenvalue weighted by Crippen LogP contribution is 2.20. The molecule has 5 heteroatoms. The number of piperidine rings is 1. The molecule has 1 aromatic rings. The van der Waals surface area contributed by atoms with Crippen LogP contribution in [0.25, 0.3) is 0 Å². The van der Waals surface area contributed by atoms with Gasteiger partial charge in [0.1, 0.15) is 0 Å². The first kappa shape index (κ1) is 17.2. The van der Waals surface area contributed by atoms with Crippen LogP contribution in [0.2, 0.25) is 0 Å². The quantitative estimate of drug-likeness (QED) is 0.647. The first-order chi connectivity index (χ1) is 10.5. The number of carbonyl (C=O) groups is 2. The molecule has 1 amide bonds. The maximum Gasteiger partial charge on any atom is 0.252 e. The summed E-state index contributed by atoms with van der Waals surface area (Å²) in [4.78, 5) is 26.4. The maximum atomic E-state index is 12.0. The van der Waals surface area contributed by atoms with Gasteiger partial charge in [-0.3, -0.25) is 9.59 Å². The zero-order valence-electron chi connectivity index (χ0n) is 13.7. The second kappa shape index (κ2) is 7.88. The molecule has 0 aliphatic carbocycles. The van der Waals surface area contributed by atoms with Crippen LogP contribution in [0.5, 0.6) is 0 Å². The van der Waals surface area contributed by atoms with E-state index >= 15 is 0 Å². The van der Waals surface area contributed by atoms with Gasteiger partial charge in [0.15, 0.2) is 5.78 Å². The Morgan fingerprint density at radius 1 is 1.32 bits per heavy atom. The van der Waals surface area contributed by atoms with Gasteiger partial charge in [0.2, 0.25) is 0 Å². The molecule has 0 bridgehead atoms. The molecule has 1 aliphatic rings. The lowest BCUT2D eigenvalue weighted by atomic mass is 9.92. The van der Waals surface area contributed by atoms with E-state index < -0.39 is 0 Å². The highest BCUT2D eigenvalue weighted by Gasteiger charge is 2.21. The minimum Gasteiger partial charge on any atom is -0.352 e. The van der Waals surface area contributed by atoms with E-state index in [1.807, 2.05) is 0 Å². The van der Waals surface area contributed by atoms with Gasteiger partial charge < -0.3 is 10.2 Å². The van der Waals surface area contributed by atoms with Gasteiger partial charge in [-0.05, 0) is 44.2 Å². The van der Waals surface area contributed by atoms with E-state index in [2.05, 4.69) is 24.1 Å². The lowest BCUT2D eigenvalue weighted by molar-refractivity contribution is 0.0947. The summed E-state index contributed by atoms with van der Waals surface area (Å²) < 4.78 is 0. The number of rotatable bonds is 6. The molecule has 0 radical (unpaired) electrons. The second-order valence-electron chi connectivity index (χ2n) is 6.57. The van der Waals surface area contributed by atoms with Gasteiger partial charge in [-0.15, -0.1) is 11.3 Å². The van der Waals surface area contributed by atoms with Crippen molar-refractivity contribution in [2.24, 2.45) is 11.8 Å². The summed E-state index contributed by atoms with van der Waals surface area (Å²) in [5.41, 5.74) is 0.593. The highest BCUT2D eigenvalue weighted by atomic mass is 32.1. The van der Waals surface area contributed by atoms with Crippen LogP contribution in [-0.2, 0) is 0 Å². The summed E-state index contributed by atoms with van der Waals surface area (Å²) in [7, 11) is 0. The van der Waals surface area contributed by atoms with Crippen LogP contribution in [-0.4, -0.2) is 42.8 Å². The molecule has 2 unspecified atom stereocenters. The number of nitrogens with one attached hydrogen (secondary N) is 1. The molecule has 2 atom stereocenters. The van der Waals surface area contributed by atoms with Crippen molar-refractivity contribution in [2.45, 2.75) is 33.6 Å². The van der Waals surface area contributed by atoms with Crippen LogP contribution in [0.4, 0.5) is 0 Å². The average molecular weight is 322 g/mol. The number of ketones is 1. The predicted molar refractivity (Wildman–Crippen MR) is 90.7 cm³/mol. The Morgan fingerprint density at radius 2 is 2.00 bits per heavy atom. The number of likely N-dealkylation sites (tertiary alicyclic amines) is 1. The zero-order chi connectivity index (χ0) is 16.1. The number of nitrogens with zero attached hydrogens (tertiary/aromatic N) is 1. The summed E-state index contributed by atoms with van der Waals surface area (Å²) >= 11 is 1.33. The van der Waals surface area contributed by atoms with Gasteiger partial charge in [0.05, 0.1) is 10.4 Å². The lowest BCUT2D eigenvalue weighted by Crippen LogP contribution is -2.40. The van der Waals surface area contributed by atoms with Gasteiger partial charge in [-0.2, -0.15) is 0 Å². The van der Waals surface area contributed by atoms with E-state index in [4.69, 9.17) is 0 Å². The van der Waals surface area contributed by atoms with Crippen molar-refractivity contribution in [3.8, 4) is 0 Å². The molecule has 4 nitrogen and oxygen atoms in total. The Hall–Kier alpha value is -1.20. The Bertz CT molecular complexity index is 516. The van der Waals surface area contributed by atoms with Crippen molar-refractivity contribution in [1.82, 2.24) is 10.2 Å².